The van der Waals surface area contributed by atoms with E-state index in [-0.39, 0.29) is 6.04 Å². The van der Waals surface area contributed by atoms with Crippen molar-refractivity contribution in [1.29, 1.82) is 0 Å². The monoisotopic (exact) mass is 452 g/mol. The van der Waals surface area contributed by atoms with Gasteiger partial charge in [0, 0.05) is 30.7 Å². The van der Waals surface area contributed by atoms with E-state index in [0.717, 1.165) is 31.0 Å². The molecule has 170 valence electrons. The summed E-state index contributed by atoms with van der Waals surface area (Å²) in [6.45, 7) is 3.50. The van der Waals surface area contributed by atoms with Gasteiger partial charge in [-0.2, -0.15) is 0 Å². The van der Waals surface area contributed by atoms with Crippen molar-refractivity contribution in [2.45, 2.75) is 36.6 Å². The highest BCUT2D eigenvalue weighted by molar-refractivity contribution is 7.98. The lowest BCUT2D eigenvalue weighted by Crippen LogP contribution is -2.43. The van der Waals surface area contributed by atoms with Crippen molar-refractivity contribution in [2.75, 3.05) is 49.7 Å². The fraction of sp³-hybridized carbons (Fsp3) is 0.440. The topological polar surface area (TPSA) is 64.7 Å². The van der Waals surface area contributed by atoms with Crippen LogP contribution in [0.25, 0.3) is 0 Å². The smallest absolute Gasteiger partial charge is 0.313 e. The minimum atomic E-state index is -0.625. The Morgan fingerprint density at radius 1 is 1.03 bits per heavy atom. The number of hydrogen-bond acceptors (Lipinski definition) is 5. The van der Waals surface area contributed by atoms with E-state index in [2.05, 4.69) is 45.7 Å². The van der Waals surface area contributed by atoms with Crippen LogP contribution in [0.3, 0.4) is 0 Å². The number of nitrogens with zero attached hydrogens (tertiary/aromatic N) is 2. The molecule has 0 saturated carbocycles. The molecule has 0 bridgehead atoms. The normalized spacial score (nSPS) is 17.0. The van der Waals surface area contributed by atoms with Gasteiger partial charge in [-0.05, 0) is 67.9 Å². The van der Waals surface area contributed by atoms with Crippen LogP contribution in [-0.2, 0) is 16.0 Å². The molecule has 0 radical (unpaired) electrons. The van der Waals surface area contributed by atoms with Gasteiger partial charge in [0.2, 0.25) is 0 Å². The Bertz CT molecular complexity index is 974. The van der Waals surface area contributed by atoms with Crippen LogP contribution in [-0.4, -0.2) is 56.2 Å². The number of nitrogens with one attached hydrogen (secondary N) is 2. The fourth-order valence-electron chi connectivity index (χ4n) is 4.68. The van der Waals surface area contributed by atoms with Gasteiger partial charge in [-0.25, -0.2) is 0 Å². The van der Waals surface area contributed by atoms with E-state index in [1.807, 2.05) is 30.5 Å². The predicted octanol–water partition coefficient (Wildman–Crippen LogP) is 3.68. The number of anilines is 2. The summed E-state index contributed by atoms with van der Waals surface area (Å²) in [6, 6.07) is 14.2. The lowest BCUT2D eigenvalue weighted by Gasteiger charge is -2.35. The quantitative estimate of drug-likeness (QED) is 0.517. The van der Waals surface area contributed by atoms with Gasteiger partial charge in [-0.3, -0.25) is 14.5 Å². The molecule has 1 fully saturated rings. The largest absolute Gasteiger partial charge is 0.374 e. The number of rotatable bonds is 6. The third-order valence-corrected chi connectivity index (χ3v) is 7.26. The molecule has 0 aliphatic carbocycles. The number of likely N-dealkylation sites (tertiary alicyclic amines) is 1. The molecule has 6 nitrogen and oxygen atoms in total. The summed E-state index contributed by atoms with van der Waals surface area (Å²) in [5.41, 5.74) is 4.54. The number of likely N-dealkylation sites (N-methyl/N-ethyl adjacent to an activating group) is 1. The van der Waals surface area contributed by atoms with E-state index in [1.165, 1.54) is 47.8 Å². The molecule has 2 amide bonds. The summed E-state index contributed by atoms with van der Waals surface area (Å²) in [6.07, 6.45) is 6.59. The summed E-state index contributed by atoms with van der Waals surface area (Å²) in [5, 5.41) is 5.65. The Balaban J connectivity index is 1.45. The summed E-state index contributed by atoms with van der Waals surface area (Å²) in [5.74, 6) is -1.22. The van der Waals surface area contributed by atoms with E-state index < -0.39 is 11.8 Å². The number of thioether (sulfide) groups is 1. The molecule has 2 aromatic carbocycles. The molecule has 4 rings (SSSR count). The Hall–Kier alpha value is -2.51. The van der Waals surface area contributed by atoms with Crippen molar-refractivity contribution in [3.8, 4) is 0 Å². The molecular weight excluding hydrogens is 420 g/mol. The number of benzene rings is 2. The molecule has 2 aliphatic rings. The Labute approximate surface area is 194 Å². The Morgan fingerprint density at radius 2 is 1.81 bits per heavy atom. The molecule has 0 unspecified atom stereocenters. The maximum atomic E-state index is 12.6. The highest BCUT2D eigenvalue weighted by Gasteiger charge is 2.26. The molecule has 2 N–H and O–H groups in total. The molecule has 1 saturated heterocycles. The first-order valence-corrected chi connectivity index (χ1v) is 12.6. The average molecular weight is 453 g/mol. The van der Waals surface area contributed by atoms with Gasteiger partial charge >= 0.3 is 11.8 Å². The molecule has 0 aromatic heterocycles. The summed E-state index contributed by atoms with van der Waals surface area (Å²) in [7, 11) is 2.13. The van der Waals surface area contributed by atoms with Gasteiger partial charge in [0.1, 0.15) is 0 Å². The minimum absolute atomic E-state index is 0.0711. The highest BCUT2D eigenvalue weighted by atomic mass is 32.2. The van der Waals surface area contributed by atoms with Crippen LogP contribution >= 0.6 is 11.8 Å². The number of carbonyl (C=O) groups is 2. The van der Waals surface area contributed by atoms with Crippen molar-refractivity contribution in [3.05, 3.63) is 53.6 Å². The van der Waals surface area contributed by atoms with Gasteiger partial charge < -0.3 is 15.5 Å². The van der Waals surface area contributed by atoms with Gasteiger partial charge in [0.15, 0.2) is 0 Å². The van der Waals surface area contributed by atoms with E-state index in [0.29, 0.717) is 12.2 Å². The summed E-state index contributed by atoms with van der Waals surface area (Å²) >= 11 is 1.54. The molecular formula is C25H32N4O2S. The summed E-state index contributed by atoms with van der Waals surface area (Å²) in [4.78, 5) is 30.9. The predicted molar refractivity (Wildman–Crippen MR) is 131 cm³/mol. The molecule has 2 aliphatic heterocycles. The van der Waals surface area contributed by atoms with Crippen LogP contribution in [0.4, 0.5) is 11.4 Å². The zero-order valence-electron chi connectivity index (χ0n) is 18.9. The van der Waals surface area contributed by atoms with Crippen molar-refractivity contribution < 1.29 is 9.59 Å². The zero-order chi connectivity index (χ0) is 22.5. The van der Waals surface area contributed by atoms with Crippen molar-refractivity contribution in [1.82, 2.24) is 10.2 Å². The van der Waals surface area contributed by atoms with Crippen LogP contribution in [0.5, 0.6) is 0 Å². The highest BCUT2D eigenvalue weighted by Crippen LogP contribution is 2.32. The molecule has 2 aromatic rings. The van der Waals surface area contributed by atoms with Crippen molar-refractivity contribution >= 4 is 35.0 Å². The second-order valence-corrected chi connectivity index (χ2v) is 9.38. The number of para-hydroxylation sites is 1. The van der Waals surface area contributed by atoms with E-state index in [4.69, 9.17) is 0 Å². The molecule has 1 atom stereocenters. The van der Waals surface area contributed by atoms with E-state index >= 15 is 0 Å². The number of carbonyl (C=O) groups excluding carboxylic acids is 2. The zero-order valence-corrected chi connectivity index (χ0v) is 19.7. The first-order valence-electron chi connectivity index (χ1n) is 11.4. The minimum Gasteiger partial charge on any atom is -0.374 e. The third-order valence-electron chi connectivity index (χ3n) is 6.46. The van der Waals surface area contributed by atoms with Crippen LogP contribution in [0.15, 0.2) is 47.4 Å². The summed E-state index contributed by atoms with van der Waals surface area (Å²) < 4.78 is 0. The second-order valence-electron chi connectivity index (χ2n) is 8.54. The lowest BCUT2D eigenvalue weighted by molar-refractivity contribution is -0.136. The Morgan fingerprint density at radius 3 is 2.59 bits per heavy atom. The molecule has 7 heteroatoms. The third kappa shape index (κ3) is 5.10. The van der Waals surface area contributed by atoms with Gasteiger partial charge in [-0.15, -0.1) is 11.8 Å². The lowest BCUT2D eigenvalue weighted by atomic mass is 9.98. The SMILES string of the molecule is CSc1ccccc1NC(=O)C(=O)NC[C@@H](c1ccc2c(c1)CCN2C)N1CCCCC1. The molecule has 2 heterocycles. The van der Waals surface area contributed by atoms with Crippen LogP contribution in [0, 0.1) is 0 Å². The van der Waals surface area contributed by atoms with Crippen molar-refractivity contribution in [3.63, 3.8) is 0 Å². The van der Waals surface area contributed by atoms with Gasteiger partial charge in [0.25, 0.3) is 0 Å². The van der Waals surface area contributed by atoms with Crippen LogP contribution < -0.4 is 15.5 Å². The number of amides is 2. The maximum Gasteiger partial charge on any atom is 0.313 e. The maximum absolute atomic E-state index is 12.6. The van der Waals surface area contributed by atoms with Gasteiger partial charge in [0.05, 0.1) is 11.7 Å². The first-order chi connectivity index (χ1) is 15.6. The number of piperidine rings is 1. The number of hydrogen-bond donors (Lipinski definition) is 2. The standard InChI is InChI=1S/C25H32N4O2S/c1-28-15-12-19-16-18(10-11-21(19)28)22(29-13-6-3-7-14-29)17-26-24(30)25(31)27-20-8-4-5-9-23(20)32-2/h4-5,8-11,16,22H,3,6-7,12-15,17H2,1-2H3,(H,26,30)(H,27,31)/t22-/m0/s1. The van der Waals surface area contributed by atoms with Gasteiger partial charge in [-0.1, -0.05) is 30.7 Å². The number of fused-ring (bicyclic) bond motifs is 1. The van der Waals surface area contributed by atoms with Crippen molar-refractivity contribution in [2.24, 2.45) is 0 Å². The second kappa shape index (κ2) is 10.4. The van der Waals surface area contributed by atoms with E-state index in [9.17, 15) is 9.59 Å². The molecule has 32 heavy (non-hydrogen) atoms. The molecule has 0 spiro atoms. The van der Waals surface area contributed by atoms with Crippen LogP contribution in [0.1, 0.15) is 36.4 Å². The van der Waals surface area contributed by atoms with E-state index in [1.54, 1.807) is 0 Å². The first kappa shape index (κ1) is 22.7. The van der Waals surface area contributed by atoms with Crippen LogP contribution in [0.2, 0.25) is 0 Å². The Kier molecular flexibility index (Phi) is 7.37. The fourth-order valence-corrected chi connectivity index (χ4v) is 5.23. The average Bonchev–Trinajstić information content (AvgIpc) is 3.20.